The van der Waals surface area contributed by atoms with Gasteiger partial charge in [0.25, 0.3) is 0 Å². The van der Waals surface area contributed by atoms with Crippen LogP contribution in [-0.4, -0.2) is 24.8 Å². The maximum atomic E-state index is 12.1. The van der Waals surface area contributed by atoms with Crippen LogP contribution in [0.2, 0.25) is 0 Å². The van der Waals surface area contributed by atoms with Gasteiger partial charge in [0.05, 0.1) is 6.42 Å². The van der Waals surface area contributed by atoms with E-state index in [0.717, 1.165) is 12.8 Å². The minimum absolute atomic E-state index is 0.129. The molecule has 0 aliphatic rings. The zero-order valence-electron chi connectivity index (χ0n) is 11.1. The average molecular weight is 274 g/mol. The topological polar surface area (TPSA) is 38.0 Å². The van der Waals surface area contributed by atoms with Gasteiger partial charge in [0.1, 0.15) is 0 Å². The molecule has 2 atom stereocenters. The molecule has 2 nitrogen and oxygen atoms in total. The first kappa shape index (κ1) is 16.0. The molecular formula is C14H21F3N2. The fourth-order valence-electron chi connectivity index (χ4n) is 1.87. The summed E-state index contributed by atoms with van der Waals surface area (Å²) >= 11 is 0. The molecule has 0 saturated carbocycles. The predicted octanol–water partition coefficient (Wildman–Crippen LogP) is 2.88. The fraction of sp³-hybridized carbons (Fsp3) is 0.571. The zero-order chi connectivity index (χ0) is 14.3. The second-order valence-electron chi connectivity index (χ2n) is 4.91. The minimum atomic E-state index is -4.12. The summed E-state index contributed by atoms with van der Waals surface area (Å²) < 4.78 is 36.4. The molecule has 0 aliphatic carbocycles. The van der Waals surface area contributed by atoms with Crippen LogP contribution in [0.25, 0.3) is 0 Å². The average Bonchev–Trinajstić information content (AvgIpc) is 2.33. The molecule has 0 radical (unpaired) electrons. The summed E-state index contributed by atoms with van der Waals surface area (Å²) in [4.78, 5) is 0. The first-order chi connectivity index (χ1) is 8.87. The van der Waals surface area contributed by atoms with Gasteiger partial charge < -0.3 is 11.1 Å². The summed E-state index contributed by atoms with van der Waals surface area (Å²) in [6.07, 6.45) is -3.34. The maximum absolute atomic E-state index is 12.1. The van der Waals surface area contributed by atoms with Crippen molar-refractivity contribution in [1.82, 2.24) is 5.32 Å². The number of rotatable bonds is 7. The molecule has 5 heteroatoms. The summed E-state index contributed by atoms with van der Waals surface area (Å²) in [5.74, 6) is 0. The third-order valence-electron chi connectivity index (χ3n) is 2.91. The van der Waals surface area contributed by atoms with E-state index in [0.29, 0.717) is 6.54 Å². The summed E-state index contributed by atoms with van der Waals surface area (Å²) in [6.45, 7) is 1.93. The standard InChI is InChI=1S/C14H21F3N2/c1-11(9-14(15,16)17)19-10-13(18)8-7-12-5-3-2-4-6-12/h2-6,11,13,19H,7-10,18H2,1H3. The normalized spacial score (nSPS) is 15.2. The molecule has 1 aromatic carbocycles. The van der Waals surface area contributed by atoms with Crippen molar-refractivity contribution in [3.63, 3.8) is 0 Å². The summed E-state index contributed by atoms with van der Waals surface area (Å²) in [7, 11) is 0. The van der Waals surface area contributed by atoms with Crippen LogP contribution in [0, 0.1) is 0 Å². The molecule has 0 amide bonds. The second-order valence-corrected chi connectivity index (χ2v) is 4.91. The molecule has 2 unspecified atom stereocenters. The van der Waals surface area contributed by atoms with E-state index in [-0.39, 0.29) is 6.04 Å². The van der Waals surface area contributed by atoms with Crippen LogP contribution in [-0.2, 0) is 6.42 Å². The maximum Gasteiger partial charge on any atom is 0.390 e. The molecule has 0 aliphatic heterocycles. The first-order valence-electron chi connectivity index (χ1n) is 6.46. The van der Waals surface area contributed by atoms with Crippen molar-refractivity contribution in [3.05, 3.63) is 35.9 Å². The van der Waals surface area contributed by atoms with Gasteiger partial charge in [-0.25, -0.2) is 0 Å². The van der Waals surface area contributed by atoms with Gasteiger partial charge in [0.2, 0.25) is 0 Å². The molecule has 0 heterocycles. The Bertz CT molecular complexity index is 351. The Morgan fingerprint density at radius 3 is 2.42 bits per heavy atom. The number of nitrogens with one attached hydrogen (secondary N) is 1. The summed E-state index contributed by atoms with van der Waals surface area (Å²) in [6, 6.07) is 9.19. The van der Waals surface area contributed by atoms with Crippen molar-refractivity contribution < 1.29 is 13.2 Å². The molecule has 1 rings (SSSR count). The molecule has 0 saturated heterocycles. The highest BCUT2D eigenvalue weighted by molar-refractivity contribution is 5.14. The number of hydrogen-bond donors (Lipinski definition) is 2. The lowest BCUT2D eigenvalue weighted by Gasteiger charge is -2.19. The van der Waals surface area contributed by atoms with E-state index in [1.54, 1.807) is 0 Å². The highest BCUT2D eigenvalue weighted by Crippen LogP contribution is 2.21. The summed E-state index contributed by atoms with van der Waals surface area (Å²) in [5, 5.41) is 2.83. The summed E-state index contributed by atoms with van der Waals surface area (Å²) in [5.41, 5.74) is 7.09. The number of benzene rings is 1. The van der Waals surface area contributed by atoms with Crippen LogP contribution < -0.4 is 11.1 Å². The van der Waals surface area contributed by atoms with E-state index in [4.69, 9.17) is 5.73 Å². The predicted molar refractivity (Wildman–Crippen MR) is 70.9 cm³/mol. The van der Waals surface area contributed by atoms with Crippen molar-refractivity contribution in [2.75, 3.05) is 6.54 Å². The van der Waals surface area contributed by atoms with Crippen LogP contribution >= 0.6 is 0 Å². The molecule has 19 heavy (non-hydrogen) atoms. The molecule has 3 N–H and O–H groups in total. The number of alkyl halides is 3. The number of aryl methyl sites for hydroxylation is 1. The Labute approximate surface area is 112 Å². The van der Waals surface area contributed by atoms with Crippen LogP contribution in [0.3, 0.4) is 0 Å². The van der Waals surface area contributed by atoms with E-state index >= 15 is 0 Å². The lowest BCUT2D eigenvalue weighted by Crippen LogP contribution is -2.40. The second kappa shape index (κ2) is 7.50. The van der Waals surface area contributed by atoms with Crippen LogP contribution in [0.15, 0.2) is 30.3 Å². The van der Waals surface area contributed by atoms with Crippen LogP contribution in [0.1, 0.15) is 25.3 Å². The van der Waals surface area contributed by atoms with E-state index < -0.39 is 18.6 Å². The Hall–Kier alpha value is -1.07. The lowest BCUT2D eigenvalue weighted by molar-refractivity contribution is -0.139. The fourth-order valence-corrected chi connectivity index (χ4v) is 1.87. The molecule has 0 aromatic heterocycles. The lowest BCUT2D eigenvalue weighted by atomic mass is 10.1. The highest BCUT2D eigenvalue weighted by atomic mass is 19.4. The van der Waals surface area contributed by atoms with Gasteiger partial charge in [-0.3, -0.25) is 0 Å². The minimum Gasteiger partial charge on any atom is -0.327 e. The van der Waals surface area contributed by atoms with Crippen molar-refractivity contribution in [2.24, 2.45) is 5.73 Å². The van der Waals surface area contributed by atoms with Gasteiger partial charge >= 0.3 is 6.18 Å². The van der Waals surface area contributed by atoms with Crippen molar-refractivity contribution in [2.45, 2.75) is 44.4 Å². The van der Waals surface area contributed by atoms with Gasteiger partial charge in [-0.2, -0.15) is 13.2 Å². The van der Waals surface area contributed by atoms with Crippen molar-refractivity contribution >= 4 is 0 Å². The van der Waals surface area contributed by atoms with Gasteiger partial charge in [-0.15, -0.1) is 0 Å². The molecule has 0 fully saturated rings. The van der Waals surface area contributed by atoms with Crippen molar-refractivity contribution in [1.29, 1.82) is 0 Å². The zero-order valence-corrected chi connectivity index (χ0v) is 11.1. The monoisotopic (exact) mass is 274 g/mol. The van der Waals surface area contributed by atoms with E-state index in [1.165, 1.54) is 12.5 Å². The highest BCUT2D eigenvalue weighted by Gasteiger charge is 2.29. The molecule has 1 aromatic rings. The smallest absolute Gasteiger partial charge is 0.327 e. The van der Waals surface area contributed by atoms with Gasteiger partial charge in [0, 0.05) is 18.6 Å². The SMILES string of the molecule is CC(CC(F)(F)F)NCC(N)CCc1ccccc1. The van der Waals surface area contributed by atoms with E-state index in [1.807, 2.05) is 30.3 Å². The Balaban J connectivity index is 2.19. The van der Waals surface area contributed by atoms with Gasteiger partial charge in [-0.05, 0) is 25.3 Å². The molecular weight excluding hydrogens is 253 g/mol. The third-order valence-corrected chi connectivity index (χ3v) is 2.91. The van der Waals surface area contributed by atoms with Crippen LogP contribution in [0.5, 0.6) is 0 Å². The Morgan fingerprint density at radius 2 is 1.84 bits per heavy atom. The Kier molecular flexibility index (Phi) is 6.31. The van der Waals surface area contributed by atoms with Crippen molar-refractivity contribution in [3.8, 4) is 0 Å². The number of halogens is 3. The van der Waals surface area contributed by atoms with Crippen LogP contribution in [0.4, 0.5) is 13.2 Å². The quantitative estimate of drug-likeness (QED) is 0.802. The van der Waals surface area contributed by atoms with Gasteiger partial charge in [0.15, 0.2) is 0 Å². The third kappa shape index (κ3) is 7.85. The van der Waals surface area contributed by atoms with E-state index in [9.17, 15) is 13.2 Å². The number of hydrogen-bond acceptors (Lipinski definition) is 2. The van der Waals surface area contributed by atoms with E-state index in [2.05, 4.69) is 5.32 Å². The first-order valence-corrected chi connectivity index (χ1v) is 6.46. The molecule has 108 valence electrons. The Morgan fingerprint density at radius 1 is 1.21 bits per heavy atom. The molecule has 0 spiro atoms. The largest absolute Gasteiger partial charge is 0.390 e. The van der Waals surface area contributed by atoms with Gasteiger partial charge in [-0.1, -0.05) is 30.3 Å². The molecule has 0 bridgehead atoms. The number of nitrogens with two attached hydrogens (primary N) is 1.